The van der Waals surface area contributed by atoms with Crippen molar-refractivity contribution < 1.29 is 17.6 Å². The number of sulfonamides is 1. The van der Waals surface area contributed by atoms with Crippen molar-refractivity contribution >= 4 is 15.9 Å². The van der Waals surface area contributed by atoms with Crippen molar-refractivity contribution in [1.82, 2.24) is 19.4 Å². The van der Waals surface area contributed by atoms with Crippen molar-refractivity contribution in [3.8, 4) is 5.69 Å². The molecule has 158 valence electrons. The first kappa shape index (κ1) is 20.4. The largest absolute Gasteiger partial charge is 0.455 e. The van der Waals surface area contributed by atoms with Gasteiger partial charge in [0.25, 0.3) is 5.91 Å². The zero-order chi connectivity index (χ0) is 21.1. The summed E-state index contributed by atoms with van der Waals surface area (Å²) in [4.78, 5) is 12.5. The molecule has 1 amide bonds. The molecular formula is C21H24N4O4S. The highest BCUT2D eigenvalue weighted by molar-refractivity contribution is 7.89. The number of rotatable bonds is 7. The third-order valence-electron chi connectivity index (χ3n) is 5.13. The zero-order valence-corrected chi connectivity index (χ0v) is 17.6. The van der Waals surface area contributed by atoms with Gasteiger partial charge in [-0.25, -0.2) is 13.1 Å². The second kappa shape index (κ2) is 8.45. The Morgan fingerprint density at radius 3 is 2.67 bits per heavy atom. The van der Waals surface area contributed by atoms with Crippen LogP contribution in [0, 0.1) is 6.92 Å². The highest BCUT2D eigenvalue weighted by Crippen LogP contribution is 2.26. The Kier molecular flexibility index (Phi) is 5.74. The number of para-hydroxylation sites is 1. The molecular weight excluding hydrogens is 404 g/mol. The van der Waals surface area contributed by atoms with E-state index in [2.05, 4.69) is 10.4 Å². The second-order valence-corrected chi connectivity index (χ2v) is 9.18. The highest BCUT2D eigenvalue weighted by Gasteiger charge is 2.31. The van der Waals surface area contributed by atoms with Crippen molar-refractivity contribution in [2.24, 2.45) is 0 Å². The molecule has 2 aromatic heterocycles. The molecule has 1 aliphatic rings. The molecule has 0 unspecified atom stereocenters. The van der Waals surface area contributed by atoms with Crippen LogP contribution < -0.4 is 5.32 Å². The maximum absolute atomic E-state index is 12.7. The van der Waals surface area contributed by atoms with Crippen LogP contribution in [-0.2, 0) is 16.4 Å². The second-order valence-electron chi connectivity index (χ2n) is 7.28. The molecule has 0 saturated carbocycles. The molecule has 1 aliphatic heterocycles. The lowest BCUT2D eigenvalue weighted by Crippen LogP contribution is -2.28. The van der Waals surface area contributed by atoms with Crippen LogP contribution >= 0.6 is 0 Å². The van der Waals surface area contributed by atoms with Crippen molar-refractivity contribution in [2.75, 3.05) is 19.6 Å². The third kappa shape index (κ3) is 4.17. The fourth-order valence-electron chi connectivity index (χ4n) is 3.52. The van der Waals surface area contributed by atoms with Gasteiger partial charge in [0, 0.05) is 31.9 Å². The average molecular weight is 429 g/mol. The molecule has 8 nitrogen and oxygen atoms in total. The van der Waals surface area contributed by atoms with Crippen molar-refractivity contribution in [3.63, 3.8) is 0 Å². The Hall–Kier alpha value is -2.91. The average Bonchev–Trinajstić information content (AvgIpc) is 3.49. The van der Waals surface area contributed by atoms with Gasteiger partial charge in [-0.05, 0) is 43.9 Å². The van der Waals surface area contributed by atoms with Gasteiger partial charge in [0.05, 0.1) is 11.9 Å². The summed E-state index contributed by atoms with van der Waals surface area (Å²) in [7, 11) is -3.62. The Balaban J connectivity index is 1.36. The van der Waals surface area contributed by atoms with Gasteiger partial charge in [0.15, 0.2) is 5.76 Å². The summed E-state index contributed by atoms with van der Waals surface area (Å²) in [6, 6.07) is 11.1. The molecule has 1 aromatic carbocycles. The molecule has 0 atom stereocenters. The lowest BCUT2D eigenvalue weighted by molar-refractivity contribution is 0.0925. The smallest absolute Gasteiger partial charge is 0.287 e. The number of furan rings is 1. The summed E-state index contributed by atoms with van der Waals surface area (Å²) in [5.74, 6) is -0.196. The summed E-state index contributed by atoms with van der Waals surface area (Å²) in [5, 5.41) is 7.12. The monoisotopic (exact) mass is 428 g/mol. The summed E-state index contributed by atoms with van der Waals surface area (Å²) < 4.78 is 34.1. The van der Waals surface area contributed by atoms with Crippen LogP contribution in [0.2, 0.25) is 0 Å². The molecule has 1 fully saturated rings. The van der Waals surface area contributed by atoms with Gasteiger partial charge >= 0.3 is 0 Å². The minimum absolute atomic E-state index is 0.00486. The molecule has 0 bridgehead atoms. The minimum Gasteiger partial charge on any atom is -0.455 e. The molecule has 0 spiro atoms. The Bertz CT molecular complexity index is 1130. The van der Waals surface area contributed by atoms with Crippen molar-refractivity contribution in [2.45, 2.75) is 31.1 Å². The number of carbonyl (C=O) groups is 1. The van der Waals surface area contributed by atoms with Gasteiger partial charge in [0.2, 0.25) is 10.0 Å². The molecule has 1 saturated heterocycles. The topological polar surface area (TPSA) is 97.4 Å². The van der Waals surface area contributed by atoms with Gasteiger partial charge in [-0.3, -0.25) is 4.79 Å². The van der Waals surface area contributed by atoms with Crippen LogP contribution in [0.3, 0.4) is 0 Å². The van der Waals surface area contributed by atoms with Crippen LogP contribution in [0.25, 0.3) is 5.69 Å². The normalized spacial score (nSPS) is 14.8. The summed E-state index contributed by atoms with van der Waals surface area (Å²) >= 11 is 0. The minimum atomic E-state index is -3.62. The number of aryl methyl sites for hydroxylation is 1. The maximum Gasteiger partial charge on any atom is 0.287 e. The first-order valence-electron chi connectivity index (χ1n) is 9.93. The van der Waals surface area contributed by atoms with E-state index in [1.54, 1.807) is 17.8 Å². The van der Waals surface area contributed by atoms with Crippen LogP contribution in [0.4, 0.5) is 0 Å². The Morgan fingerprint density at radius 2 is 1.93 bits per heavy atom. The molecule has 30 heavy (non-hydrogen) atoms. The lowest BCUT2D eigenvalue weighted by Gasteiger charge is -2.14. The quantitative estimate of drug-likeness (QED) is 0.624. The van der Waals surface area contributed by atoms with Crippen LogP contribution in [-0.4, -0.2) is 48.0 Å². The maximum atomic E-state index is 12.7. The molecule has 0 radical (unpaired) electrons. The third-order valence-corrected chi connectivity index (χ3v) is 7.14. The van der Waals surface area contributed by atoms with Gasteiger partial charge in [-0.15, -0.1) is 0 Å². The molecule has 4 rings (SSSR count). The van der Waals surface area contributed by atoms with E-state index in [0.717, 1.165) is 24.1 Å². The first-order valence-corrected chi connectivity index (χ1v) is 11.4. The number of carbonyl (C=O) groups excluding carboxylic acids is 1. The predicted molar refractivity (Wildman–Crippen MR) is 111 cm³/mol. The predicted octanol–water partition coefficient (Wildman–Crippen LogP) is 2.53. The van der Waals surface area contributed by atoms with E-state index in [1.165, 1.54) is 10.4 Å². The molecule has 0 aliphatic carbocycles. The first-order chi connectivity index (χ1) is 14.4. The van der Waals surface area contributed by atoms with Gasteiger partial charge in [0.1, 0.15) is 10.7 Å². The highest BCUT2D eigenvalue weighted by atomic mass is 32.2. The van der Waals surface area contributed by atoms with E-state index in [4.69, 9.17) is 4.42 Å². The van der Waals surface area contributed by atoms with Crippen LogP contribution in [0.1, 0.15) is 34.7 Å². The van der Waals surface area contributed by atoms with Crippen molar-refractivity contribution in [1.29, 1.82) is 0 Å². The van der Waals surface area contributed by atoms with Gasteiger partial charge < -0.3 is 9.73 Å². The standard InChI is InChI=1S/C21H24N4O4S/c1-16-20(30(27,28)24-11-5-6-12-24)13-19(29-16)21(26)22-10-9-17-14-23-25(15-17)18-7-3-2-4-8-18/h2-4,7-8,13-15H,5-6,9-12H2,1H3,(H,22,26). The summed E-state index contributed by atoms with van der Waals surface area (Å²) in [6.45, 7) is 2.96. The number of hydrogen-bond acceptors (Lipinski definition) is 5. The molecule has 9 heteroatoms. The fraction of sp³-hybridized carbons (Fsp3) is 0.333. The van der Waals surface area contributed by atoms with Crippen molar-refractivity contribution in [3.05, 3.63) is 65.9 Å². The zero-order valence-electron chi connectivity index (χ0n) is 16.7. The Labute approximate surface area is 175 Å². The van der Waals surface area contributed by atoms with Gasteiger partial charge in [-0.2, -0.15) is 9.40 Å². The number of hydrogen-bond donors (Lipinski definition) is 1. The number of nitrogens with one attached hydrogen (secondary N) is 1. The van der Waals surface area contributed by atoms with E-state index in [1.807, 2.05) is 36.5 Å². The van der Waals surface area contributed by atoms with Crippen LogP contribution in [0.5, 0.6) is 0 Å². The van der Waals surface area contributed by atoms with Crippen LogP contribution in [0.15, 0.2) is 58.1 Å². The SMILES string of the molecule is Cc1oc(C(=O)NCCc2cnn(-c3ccccc3)c2)cc1S(=O)(=O)N1CCCC1. The number of benzene rings is 1. The van der Waals surface area contributed by atoms with E-state index in [-0.39, 0.29) is 16.4 Å². The Morgan fingerprint density at radius 1 is 1.20 bits per heavy atom. The number of aromatic nitrogens is 2. The molecule has 3 heterocycles. The molecule has 1 N–H and O–H groups in total. The van der Waals surface area contributed by atoms with E-state index >= 15 is 0 Å². The summed E-state index contributed by atoms with van der Waals surface area (Å²) in [6.07, 6.45) is 5.97. The fourth-order valence-corrected chi connectivity index (χ4v) is 5.20. The summed E-state index contributed by atoms with van der Waals surface area (Å²) in [5.41, 5.74) is 1.94. The van der Waals surface area contributed by atoms with E-state index < -0.39 is 15.9 Å². The molecule has 3 aromatic rings. The van der Waals surface area contributed by atoms with E-state index in [9.17, 15) is 13.2 Å². The number of nitrogens with zero attached hydrogens (tertiary/aromatic N) is 3. The van der Waals surface area contributed by atoms with Gasteiger partial charge in [-0.1, -0.05) is 18.2 Å². The number of amides is 1. The lowest BCUT2D eigenvalue weighted by atomic mass is 10.2. The van der Waals surface area contributed by atoms with E-state index in [0.29, 0.717) is 26.1 Å².